The molecule has 4 heteroatoms. The molecule has 0 radical (unpaired) electrons. The van der Waals surface area contributed by atoms with Crippen LogP contribution in [0.2, 0.25) is 10.0 Å². The Hall–Kier alpha value is -2.29. The van der Waals surface area contributed by atoms with Crippen molar-refractivity contribution in [3.05, 3.63) is 88.4 Å². The van der Waals surface area contributed by atoms with Gasteiger partial charge in [0.2, 0.25) is 0 Å². The van der Waals surface area contributed by atoms with Crippen LogP contribution >= 0.6 is 23.2 Å². The van der Waals surface area contributed by atoms with Crippen LogP contribution < -0.4 is 0 Å². The average Bonchev–Trinajstić information content (AvgIpc) is 2.93. The first kappa shape index (κ1) is 15.3. The van der Waals surface area contributed by atoms with Gasteiger partial charge in [-0.1, -0.05) is 65.7 Å². The molecule has 0 bridgehead atoms. The number of benzene rings is 3. The zero-order valence-electron chi connectivity index (χ0n) is 12.8. The number of imidazole rings is 1. The third-order valence-electron chi connectivity index (χ3n) is 3.97. The third-order valence-corrected chi connectivity index (χ3v) is 4.44. The Morgan fingerprint density at radius 2 is 1.58 bits per heavy atom. The summed E-state index contributed by atoms with van der Waals surface area (Å²) < 4.78 is 2.20. The van der Waals surface area contributed by atoms with Gasteiger partial charge in [-0.3, -0.25) is 0 Å². The Morgan fingerprint density at radius 1 is 0.792 bits per heavy atom. The van der Waals surface area contributed by atoms with Gasteiger partial charge < -0.3 is 4.57 Å². The fraction of sp³-hybridized carbons (Fsp3) is 0.0500. The van der Waals surface area contributed by atoms with E-state index in [4.69, 9.17) is 28.2 Å². The maximum absolute atomic E-state index is 6.14. The van der Waals surface area contributed by atoms with Crippen molar-refractivity contribution in [2.75, 3.05) is 0 Å². The summed E-state index contributed by atoms with van der Waals surface area (Å²) in [5.41, 5.74) is 4.15. The minimum absolute atomic E-state index is 0.689. The molecule has 0 aliphatic rings. The smallest absolute Gasteiger partial charge is 0.141 e. The fourth-order valence-corrected chi connectivity index (χ4v) is 3.27. The first-order chi connectivity index (χ1) is 11.7. The van der Waals surface area contributed by atoms with E-state index in [1.165, 1.54) is 0 Å². The van der Waals surface area contributed by atoms with Gasteiger partial charge in [-0.05, 0) is 35.9 Å². The predicted octanol–water partition coefficient (Wildman–Crippen LogP) is 6.06. The second-order valence-electron chi connectivity index (χ2n) is 5.65. The second kappa shape index (κ2) is 6.31. The summed E-state index contributed by atoms with van der Waals surface area (Å²) in [6.07, 6.45) is 0. The van der Waals surface area contributed by atoms with Gasteiger partial charge in [-0.25, -0.2) is 4.98 Å². The molecular formula is C20H14Cl2N2. The quantitative estimate of drug-likeness (QED) is 0.438. The Bertz CT molecular complexity index is 1010. The number of fused-ring (bicyclic) bond motifs is 1. The summed E-state index contributed by atoms with van der Waals surface area (Å²) in [6.45, 7) is 0.697. The van der Waals surface area contributed by atoms with Crippen molar-refractivity contribution in [2.45, 2.75) is 6.54 Å². The van der Waals surface area contributed by atoms with E-state index in [1.54, 1.807) is 0 Å². The summed E-state index contributed by atoms with van der Waals surface area (Å²) >= 11 is 12.3. The summed E-state index contributed by atoms with van der Waals surface area (Å²) in [7, 11) is 0. The standard InChI is InChI=1S/C20H14Cl2N2/c21-16-8-4-5-14(11-16)13-24-19-10-9-17(22)12-18(19)23-20(24)15-6-2-1-3-7-15/h1-12H,13H2. The van der Waals surface area contributed by atoms with Gasteiger partial charge in [-0.15, -0.1) is 0 Å². The van der Waals surface area contributed by atoms with Gasteiger partial charge >= 0.3 is 0 Å². The summed E-state index contributed by atoms with van der Waals surface area (Å²) in [5, 5.41) is 1.43. The highest BCUT2D eigenvalue weighted by Gasteiger charge is 2.13. The van der Waals surface area contributed by atoms with Crippen molar-refractivity contribution in [1.82, 2.24) is 9.55 Å². The van der Waals surface area contributed by atoms with Crippen LogP contribution in [-0.4, -0.2) is 9.55 Å². The summed E-state index contributed by atoms with van der Waals surface area (Å²) in [5.74, 6) is 0.924. The predicted molar refractivity (Wildman–Crippen MR) is 101 cm³/mol. The zero-order chi connectivity index (χ0) is 16.5. The van der Waals surface area contributed by atoms with Gasteiger partial charge in [0.05, 0.1) is 11.0 Å². The minimum atomic E-state index is 0.689. The molecule has 2 nitrogen and oxygen atoms in total. The number of hydrogen-bond acceptors (Lipinski definition) is 1. The average molecular weight is 353 g/mol. The molecule has 4 aromatic rings. The van der Waals surface area contributed by atoms with Crippen molar-refractivity contribution in [3.63, 3.8) is 0 Å². The second-order valence-corrected chi connectivity index (χ2v) is 6.52. The van der Waals surface area contributed by atoms with Gasteiger partial charge in [-0.2, -0.15) is 0 Å². The normalized spacial score (nSPS) is 11.1. The molecule has 0 aliphatic heterocycles. The molecule has 0 aliphatic carbocycles. The van der Waals surface area contributed by atoms with Crippen molar-refractivity contribution < 1.29 is 0 Å². The van der Waals surface area contributed by atoms with Gasteiger partial charge in [0.15, 0.2) is 0 Å². The van der Waals surface area contributed by atoms with Gasteiger partial charge in [0.1, 0.15) is 5.82 Å². The van der Waals surface area contributed by atoms with E-state index < -0.39 is 0 Å². The lowest BCUT2D eigenvalue weighted by Gasteiger charge is -2.10. The van der Waals surface area contributed by atoms with E-state index in [9.17, 15) is 0 Å². The maximum atomic E-state index is 6.14. The zero-order valence-corrected chi connectivity index (χ0v) is 14.3. The highest BCUT2D eigenvalue weighted by Crippen LogP contribution is 2.28. The maximum Gasteiger partial charge on any atom is 0.141 e. The van der Waals surface area contributed by atoms with E-state index >= 15 is 0 Å². The van der Waals surface area contributed by atoms with Crippen molar-refractivity contribution in [1.29, 1.82) is 0 Å². The number of nitrogens with zero attached hydrogens (tertiary/aromatic N) is 2. The first-order valence-electron chi connectivity index (χ1n) is 7.66. The van der Waals surface area contributed by atoms with Gasteiger partial charge in [0, 0.05) is 22.2 Å². The Morgan fingerprint density at radius 3 is 2.38 bits per heavy atom. The lowest BCUT2D eigenvalue weighted by atomic mass is 10.2. The largest absolute Gasteiger partial charge is 0.319 e. The Kier molecular flexibility index (Phi) is 4.01. The molecule has 0 N–H and O–H groups in total. The number of halogens is 2. The van der Waals surface area contributed by atoms with Crippen LogP contribution in [-0.2, 0) is 6.54 Å². The molecule has 24 heavy (non-hydrogen) atoms. The van der Waals surface area contributed by atoms with Crippen LogP contribution in [0, 0.1) is 0 Å². The fourth-order valence-electron chi connectivity index (χ4n) is 2.89. The number of aromatic nitrogens is 2. The highest BCUT2D eigenvalue weighted by atomic mass is 35.5. The molecule has 0 saturated heterocycles. The summed E-state index contributed by atoms with van der Waals surface area (Å²) in [6, 6.07) is 23.9. The van der Waals surface area contributed by atoms with Crippen LogP contribution in [0.4, 0.5) is 0 Å². The van der Waals surface area contributed by atoms with E-state index in [-0.39, 0.29) is 0 Å². The minimum Gasteiger partial charge on any atom is -0.319 e. The number of rotatable bonds is 3. The molecule has 3 aromatic carbocycles. The lowest BCUT2D eigenvalue weighted by molar-refractivity contribution is 0.834. The van der Waals surface area contributed by atoms with Crippen LogP contribution in [0.1, 0.15) is 5.56 Å². The first-order valence-corrected chi connectivity index (χ1v) is 8.42. The summed E-state index contributed by atoms with van der Waals surface area (Å²) in [4.78, 5) is 4.81. The van der Waals surface area contributed by atoms with Crippen LogP contribution in [0.25, 0.3) is 22.4 Å². The van der Waals surface area contributed by atoms with Crippen molar-refractivity contribution in [3.8, 4) is 11.4 Å². The topological polar surface area (TPSA) is 17.8 Å². The SMILES string of the molecule is Clc1cccc(Cn2c(-c3ccccc3)nc3cc(Cl)ccc32)c1. The molecule has 0 spiro atoms. The molecule has 1 aromatic heterocycles. The molecule has 0 saturated carbocycles. The molecule has 4 rings (SSSR count). The van der Waals surface area contributed by atoms with Crippen molar-refractivity contribution in [2.24, 2.45) is 0 Å². The van der Waals surface area contributed by atoms with Gasteiger partial charge in [0.25, 0.3) is 0 Å². The molecular weight excluding hydrogens is 339 g/mol. The molecule has 0 atom stereocenters. The van der Waals surface area contributed by atoms with Crippen LogP contribution in [0.15, 0.2) is 72.8 Å². The van der Waals surface area contributed by atoms with E-state index in [2.05, 4.69) is 22.8 Å². The third kappa shape index (κ3) is 2.91. The molecule has 0 amide bonds. The number of hydrogen-bond donors (Lipinski definition) is 0. The van der Waals surface area contributed by atoms with E-state index in [1.807, 2.05) is 54.6 Å². The highest BCUT2D eigenvalue weighted by molar-refractivity contribution is 6.31. The van der Waals surface area contributed by atoms with E-state index in [0.29, 0.717) is 11.6 Å². The van der Waals surface area contributed by atoms with Crippen LogP contribution in [0.5, 0.6) is 0 Å². The monoisotopic (exact) mass is 352 g/mol. The Balaban J connectivity index is 1.91. The van der Waals surface area contributed by atoms with E-state index in [0.717, 1.165) is 33.0 Å². The molecule has 0 unspecified atom stereocenters. The van der Waals surface area contributed by atoms with Crippen molar-refractivity contribution >= 4 is 34.2 Å². The van der Waals surface area contributed by atoms with Crippen LogP contribution in [0.3, 0.4) is 0 Å². The lowest BCUT2D eigenvalue weighted by Crippen LogP contribution is -2.02. The molecule has 0 fully saturated rings. The molecule has 118 valence electrons. The molecule has 1 heterocycles. The Labute approximate surface area is 150 Å².